The van der Waals surface area contributed by atoms with Gasteiger partial charge in [-0.3, -0.25) is 0 Å². The van der Waals surface area contributed by atoms with E-state index in [2.05, 4.69) is 0 Å². The molecule has 1 aromatic carbocycles. The van der Waals surface area contributed by atoms with Gasteiger partial charge in [-0.1, -0.05) is 24.6 Å². The molecular weight excluding hydrogens is 268 g/mol. The van der Waals surface area contributed by atoms with Crippen molar-refractivity contribution in [2.45, 2.75) is 48.6 Å². The maximum Gasteiger partial charge on any atom is 0.231 e. The number of rotatable bonds is 3. The first kappa shape index (κ1) is 13.1. The van der Waals surface area contributed by atoms with Crippen LogP contribution in [-0.4, -0.2) is 37.0 Å². The van der Waals surface area contributed by atoms with Gasteiger partial charge in [-0.15, -0.1) is 0 Å². The SMILES string of the molecule is CC[C@H]1OC(O)[C@@H]2O[C@]12S(=O)(=O)c1ccc(C)cc1. The lowest BCUT2D eigenvalue weighted by molar-refractivity contribution is -0.143. The summed E-state index contributed by atoms with van der Waals surface area (Å²) in [5, 5.41) is 9.65. The summed E-state index contributed by atoms with van der Waals surface area (Å²) in [7, 11) is -3.68. The fourth-order valence-corrected chi connectivity index (χ4v) is 4.77. The Kier molecular flexibility index (Phi) is 2.76. The minimum absolute atomic E-state index is 0.205. The molecule has 104 valence electrons. The van der Waals surface area contributed by atoms with Gasteiger partial charge in [-0.05, 0) is 25.5 Å². The molecule has 2 fully saturated rings. The summed E-state index contributed by atoms with van der Waals surface area (Å²) in [4.78, 5) is -1.20. The minimum Gasteiger partial charge on any atom is -0.366 e. The van der Waals surface area contributed by atoms with Crippen molar-refractivity contribution >= 4 is 9.84 Å². The molecule has 1 aromatic rings. The molecule has 0 amide bonds. The van der Waals surface area contributed by atoms with Gasteiger partial charge in [0.1, 0.15) is 6.10 Å². The van der Waals surface area contributed by atoms with Crippen LogP contribution in [-0.2, 0) is 19.3 Å². The number of epoxide rings is 1. The van der Waals surface area contributed by atoms with E-state index in [1.165, 1.54) is 0 Å². The number of ether oxygens (including phenoxy) is 2. The maximum atomic E-state index is 12.7. The molecule has 6 heteroatoms. The molecule has 3 rings (SSSR count). The van der Waals surface area contributed by atoms with Crippen molar-refractivity contribution in [3.63, 3.8) is 0 Å². The maximum absolute atomic E-state index is 12.7. The molecule has 5 nitrogen and oxygen atoms in total. The zero-order valence-corrected chi connectivity index (χ0v) is 11.6. The Hall–Kier alpha value is -0.950. The van der Waals surface area contributed by atoms with Crippen molar-refractivity contribution in [3.05, 3.63) is 29.8 Å². The van der Waals surface area contributed by atoms with E-state index in [9.17, 15) is 13.5 Å². The molecule has 4 atom stereocenters. The fraction of sp³-hybridized carbons (Fsp3) is 0.538. The van der Waals surface area contributed by atoms with Gasteiger partial charge in [0.15, 0.2) is 12.4 Å². The zero-order valence-electron chi connectivity index (χ0n) is 10.7. The highest BCUT2D eigenvalue weighted by Crippen LogP contribution is 2.56. The first-order valence-corrected chi connectivity index (χ1v) is 7.74. The molecule has 0 bridgehead atoms. The molecule has 0 saturated carbocycles. The predicted molar refractivity (Wildman–Crippen MR) is 67.1 cm³/mol. The van der Waals surface area contributed by atoms with Crippen LogP contribution in [0, 0.1) is 6.92 Å². The van der Waals surface area contributed by atoms with Crippen molar-refractivity contribution < 1.29 is 23.0 Å². The molecule has 0 aromatic heterocycles. The van der Waals surface area contributed by atoms with E-state index in [4.69, 9.17) is 9.47 Å². The lowest BCUT2D eigenvalue weighted by Gasteiger charge is -2.19. The van der Waals surface area contributed by atoms with E-state index in [0.717, 1.165) is 5.56 Å². The van der Waals surface area contributed by atoms with Crippen LogP contribution in [0.5, 0.6) is 0 Å². The number of aryl methyl sites for hydroxylation is 1. The molecule has 19 heavy (non-hydrogen) atoms. The third-order valence-electron chi connectivity index (χ3n) is 3.78. The fourth-order valence-electron chi connectivity index (χ4n) is 2.69. The Balaban J connectivity index is 2.04. The summed E-state index contributed by atoms with van der Waals surface area (Å²) < 4.78 is 36.0. The summed E-state index contributed by atoms with van der Waals surface area (Å²) >= 11 is 0. The second-order valence-electron chi connectivity index (χ2n) is 5.00. The Morgan fingerprint density at radius 2 is 1.95 bits per heavy atom. The Bertz CT molecular complexity index is 594. The van der Waals surface area contributed by atoms with Crippen LogP contribution in [0.3, 0.4) is 0 Å². The van der Waals surface area contributed by atoms with E-state index in [-0.39, 0.29) is 4.90 Å². The van der Waals surface area contributed by atoms with E-state index in [0.29, 0.717) is 6.42 Å². The first-order valence-electron chi connectivity index (χ1n) is 6.26. The van der Waals surface area contributed by atoms with Crippen LogP contribution in [0.2, 0.25) is 0 Å². The highest BCUT2D eigenvalue weighted by molar-refractivity contribution is 7.93. The normalized spacial score (nSPS) is 37.1. The lowest BCUT2D eigenvalue weighted by atomic mass is 10.2. The van der Waals surface area contributed by atoms with Gasteiger partial charge < -0.3 is 14.6 Å². The number of aliphatic hydroxyl groups excluding tert-OH is 1. The van der Waals surface area contributed by atoms with Gasteiger partial charge in [0.25, 0.3) is 0 Å². The highest BCUT2D eigenvalue weighted by Gasteiger charge is 2.78. The third kappa shape index (κ3) is 1.61. The number of hydrogen-bond acceptors (Lipinski definition) is 5. The second-order valence-corrected chi connectivity index (χ2v) is 7.12. The molecule has 0 spiro atoms. The van der Waals surface area contributed by atoms with Crippen molar-refractivity contribution in [1.29, 1.82) is 0 Å². The molecule has 1 N–H and O–H groups in total. The summed E-state index contributed by atoms with van der Waals surface area (Å²) in [6, 6.07) is 6.62. The average molecular weight is 284 g/mol. The van der Waals surface area contributed by atoms with Crippen LogP contribution in [0.25, 0.3) is 0 Å². The van der Waals surface area contributed by atoms with Crippen LogP contribution in [0.1, 0.15) is 18.9 Å². The average Bonchev–Trinajstić information content (AvgIpc) is 3.07. The molecule has 2 heterocycles. The van der Waals surface area contributed by atoms with Gasteiger partial charge in [-0.25, -0.2) is 8.42 Å². The molecular formula is C13H16O5S. The van der Waals surface area contributed by atoms with Gasteiger partial charge in [-0.2, -0.15) is 0 Å². The van der Waals surface area contributed by atoms with E-state index < -0.39 is 33.3 Å². The quantitative estimate of drug-likeness (QED) is 0.838. The van der Waals surface area contributed by atoms with Gasteiger partial charge in [0, 0.05) is 0 Å². The van der Waals surface area contributed by atoms with Gasteiger partial charge in [0.2, 0.25) is 14.8 Å². The summed E-state index contributed by atoms with van der Waals surface area (Å²) in [5.74, 6) is 0. The first-order chi connectivity index (χ1) is 8.93. The smallest absolute Gasteiger partial charge is 0.231 e. The number of benzene rings is 1. The lowest BCUT2D eigenvalue weighted by Crippen LogP contribution is -2.36. The topological polar surface area (TPSA) is 76.1 Å². The number of fused-ring (bicyclic) bond motifs is 1. The van der Waals surface area contributed by atoms with Crippen molar-refractivity contribution in [3.8, 4) is 0 Å². The highest BCUT2D eigenvalue weighted by atomic mass is 32.2. The van der Waals surface area contributed by atoms with Crippen molar-refractivity contribution in [2.24, 2.45) is 0 Å². The monoisotopic (exact) mass is 284 g/mol. The van der Waals surface area contributed by atoms with Crippen molar-refractivity contribution in [2.75, 3.05) is 0 Å². The minimum atomic E-state index is -3.68. The Morgan fingerprint density at radius 3 is 2.47 bits per heavy atom. The number of aliphatic hydroxyl groups is 1. The molecule has 0 radical (unpaired) electrons. The van der Waals surface area contributed by atoms with E-state index >= 15 is 0 Å². The molecule has 0 aliphatic carbocycles. The van der Waals surface area contributed by atoms with Crippen LogP contribution < -0.4 is 0 Å². The zero-order chi connectivity index (χ0) is 13.8. The summed E-state index contributed by atoms with van der Waals surface area (Å²) in [5.41, 5.74) is 0.986. The van der Waals surface area contributed by atoms with E-state index in [1.807, 2.05) is 13.8 Å². The van der Waals surface area contributed by atoms with Gasteiger partial charge in [0.05, 0.1) is 4.90 Å². The number of sulfone groups is 1. The third-order valence-corrected chi connectivity index (χ3v) is 6.11. The number of hydrogen-bond donors (Lipinski definition) is 1. The van der Waals surface area contributed by atoms with Crippen LogP contribution in [0.15, 0.2) is 29.2 Å². The van der Waals surface area contributed by atoms with Gasteiger partial charge >= 0.3 is 0 Å². The van der Waals surface area contributed by atoms with Crippen LogP contribution in [0.4, 0.5) is 0 Å². The van der Waals surface area contributed by atoms with E-state index in [1.54, 1.807) is 24.3 Å². The summed E-state index contributed by atoms with van der Waals surface area (Å²) in [6.07, 6.45) is -2.09. The molecule has 1 unspecified atom stereocenters. The molecule has 2 aliphatic rings. The second kappa shape index (κ2) is 4.02. The standard InChI is InChI=1S/C13H16O5S/c1-3-10-13(11(18-13)12(14)17-10)19(15,16)9-6-4-8(2)5-7-9/h4-7,10-12,14H,3H2,1-2H3/t10-,11+,12?,13+/m1/s1. The molecule has 2 aliphatic heterocycles. The Morgan fingerprint density at radius 1 is 1.32 bits per heavy atom. The van der Waals surface area contributed by atoms with Crippen LogP contribution >= 0.6 is 0 Å². The van der Waals surface area contributed by atoms with Crippen molar-refractivity contribution in [1.82, 2.24) is 0 Å². The summed E-state index contributed by atoms with van der Waals surface area (Å²) in [6.45, 7) is 3.70. The Labute approximate surface area is 112 Å². The largest absolute Gasteiger partial charge is 0.366 e. The molecule has 2 saturated heterocycles. The predicted octanol–water partition coefficient (Wildman–Crippen LogP) is 0.991.